The Morgan fingerprint density at radius 3 is 2.48 bits per heavy atom. The van der Waals surface area contributed by atoms with E-state index in [-0.39, 0.29) is 6.04 Å². The lowest BCUT2D eigenvalue weighted by Gasteiger charge is -2.21. The van der Waals surface area contributed by atoms with Gasteiger partial charge in [0.15, 0.2) is 0 Å². The lowest BCUT2D eigenvalue weighted by atomic mass is 10.0. The topological polar surface area (TPSA) is 29.9 Å². The van der Waals surface area contributed by atoms with E-state index >= 15 is 0 Å². The predicted molar refractivity (Wildman–Crippen MR) is 91.7 cm³/mol. The third kappa shape index (κ3) is 3.55. The Kier molecular flexibility index (Phi) is 5.59. The van der Waals surface area contributed by atoms with E-state index in [0.29, 0.717) is 0 Å². The summed E-state index contributed by atoms with van der Waals surface area (Å²) in [7, 11) is 0. The van der Waals surface area contributed by atoms with Crippen LogP contribution in [0.4, 0.5) is 0 Å². The molecule has 1 N–H and O–H groups in total. The van der Waals surface area contributed by atoms with Crippen LogP contribution in [0.1, 0.15) is 48.8 Å². The molecular formula is C17H24BrN3. The molecule has 21 heavy (non-hydrogen) atoms. The minimum absolute atomic E-state index is 0.144. The molecule has 4 heteroatoms. The van der Waals surface area contributed by atoms with Crippen molar-refractivity contribution in [3.05, 3.63) is 51.5 Å². The molecule has 0 spiro atoms. The van der Waals surface area contributed by atoms with Gasteiger partial charge in [-0.1, -0.05) is 35.0 Å². The molecule has 3 nitrogen and oxygen atoms in total. The first-order valence-corrected chi connectivity index (χ1v) is 8.38. The average molecular weight is 350 g/mol. The standard InChI is InChI=1S/C17H24BrN3/c1-5-7-19-16(17-20-8-9-21(17)6-2)14-10-12(3)15(18)13(4)11-14/h8-11,16,19H,5-7H2,1-4H3. The zero-order valence-electron chi connectivity index (χ0n) is 13.3. The van der Waals surface area contributed by atoms with Gasteiger partial charge in [-0.3, -0.25) is 0 Å². The SMILES string of the molecule is CCCNC(c1cc(C)c(Br)c(C)c1)c1nccn1CC. The van der Waals surface area contributed by atoms with Gasteiger partial charge in [-0.15, -0.1) is 0 Å². The number of halogens is 1. The molecule has 0 aliphatic heterocycles. The molecule has 0 saturated heterocycles. The summed E-state index contributed by atoms with van der Waals surface area (Å²) in [6.45, 7) is 10.5. The highest BCUT2D eigenvalue weighted by atomic mass is 79.9. The highest BCUT2D eigenvalue weighted by Gasteiger charge is 2.19. The predicted octanol–water partition coefficient (Wildman–Crippen LogP) is 4.37. The normalized spacial score (nSPS) is 12.6. The lowest BCUT2D eigenvalue weighted by molar-refractivity contribution is 0.541. The first-order valence-electron chi connectivity index (χ1n) is 7.59. The van der Waals surface area contributed by atoms with Crippen molar-refractivity contribution in [3.63, 3.8) is 0 Å². The molecule has 114 valence electrons. The molecule has 0 radical (unpaired) electrons. The molecule has 0 aliphatic carbocycles. The first kappa shape index (κ1) is 16.2. The van der Waals surface area contributed by atoms with Crippen LogP contribution in [0.25, 0.3) is 0 Å². The van der Waals surface area contributed by atoms with Crippen LogP contribution in [-0.2, 0) is 6.54 Å². The Hall–Kier alpha value is -1.13. The zero-order valence-corrected chi connectivity index (χ0v) is 14.9. The number of benzene rings is 1. The van der Waals surface area contributed by atoms with Gasteiger partial charge in [0, 0.05) is 23.4 Å². The summed E-state index contributed by atoms with van der Waals surface area (Å²) in [5.41, 5.74) is 3.81. The Labute approximate surface area is 135 Å². The second-order valence-corrected chi connectivity index (χ2v) is 6.22. The molecule has 0 bridgehead atoms. The summed E-state index contributed by atoms with van der Waals surface area (Å²) >= 11 is 3.65. The van der Waals surface area contributed by atoms with Crippen LogP contribution in [0.15, 0.2) is 29.0 Å². The van der Waals surface area contributed by atoms with Gasteiger partial charge in [-0.25, -0.2) is 4.98 Å². The summed E-state index contributed by atoms with van der Waals surface area (Å²) in [4.78, 5) is 4.59. The van der Waals surface area contributed by atoms with Crippen molar-refractivity contribution in [1.29, 1.82) is 0 Å². The van der Waals surface area contributed by atoms with Crippen molar-refractivity contribution in [3.8, 4) is 0 Å². The van der Waals surface area contributed by atoms with E-state index in [9.17, 15) is 0 Å². The van der Waals surface area contributed by atoms with Crippen LogP contribution in [0, 0.1) is 13.8 Å². The van der Waals surface area contributed by atoms with Crippen LogP contribution in [0.2, 0.25) is 0 Å². The zero-order chi connectivity index (χ0) is 15.4. The second kappa shape index (κ2) is 7.23. The number of nitrogens with zero attached hydrogens (tertiary/aromatic N) is 2. The minimum Gasteiger partial charge on any atom is -0.334 e. The highest BCUT2D eigenvalue weighted by Crippen LogP contribution is 2.28. The maximum absolute atomic E-state index is 4.59. The third-order valence-electron chi connectivity index (χ3n) is 3.74. The van der Waals surface area contributed by atoms with Crippen LogP contribution in [-0.4, -0.2) is 16.1 Å². The molecule has 0 amide bonds. The van der Waals surface area contributed by atoms with E-state index in [2.05, 4.69) is 76.8 Å². The molecule has 0 aliphatic rings. The van der Waals surface area contributed by atoms with Crippen molar-refractivity contribution in [2.24, 2.45) is 0 Å². The van der Waals surface area contributed by atoms with Gasteiger partial charge in [-0.05, 0) is 50.4 Å². The van der Waals surface area contributed by atoms with Crippen LogP contribution in [0.5, 0.6) is 0 Å². The summed E-state index contributed by atoms with van der Waals surface area (Å²) in [5.74, 6) is 1.09. The number of hydrogen-bond acceptors (Lipinski definition) is 2. The van der Waals surface area contributed by atoms with E-state index in [0.717, 1.165) is 25.3 Å². The van der Waals surface area contributed by atoms with Gasteiger partial charge in [0.1, 0.15) is 5.82 Å². The number of aryl methyl sites for hydroxylation is 3. The number of imidazole rings is 1. The first-order chi connectivity index (χ1) is 10.1. The third-order valence-corrected chi connectivity index (χ3v) is 4.99. The van der Waals surface area contributed by atoms with Crippen molar-refractivity contribution < 1.29 is 0 Å². The fourth-order valence-electron chi connectivity index (χ4n) is 2.64. The molecule has 1 unspecified atom stereocenters. The molecule has 1 aromatic carbocycles. The quantitative estimate of drug-likeness (QED) is 0.838. The lowest BCUT2D eigenvalue weighted by Crippen LogP contribution is -2.26. The van der Waals surface area contributed by atoms with Gasteiger partial charge in [0.25, 0.3) is 0 Å². The molecular weight excluding hydrogens is 326 g/mol. The monoisotopic (exact) mass is 349 g/mol. The largest absolute Gasteiger partial charge is 0.334 e. The second-order valence-electron chi connectivity index (χ2n) is 5.43. The number of aromatic nitrogens is 2. The molecule has 1 aromatic heterocycles. The summed E-state index contributed by atoms with van der Waals surface area (Å²) in [6.07, 6.45) is 5.05. The average Bonchev–Trinajstić information content (AvgIpc) is 2.93. The number of hydrogen-bond donors (Lipinski definition) is 1. The van der Waals surface area contributed by atoms with E-state index in [1.807, 2.05) is 6.20 Å². The summed E-state index contributed by atoms with van der Waals surface area (Å²) in [5, 5.41) is 3.64. The van der Waals surface area contributed by atoms with Crippen molar-refractivity contribution in [2.45, 2.75) is 46.7 Å². The fraction of sp³-hybridized carbons (Fsp3) is 0.471. The van der Waals surface area contributed by atoms with Crippen molar-refractivity contribution in [2.75, 3.05) is 6.54 Å². The van der Waals surface area contributed by atoms with Crippen molar-refractivity contribution >= 4 is 15.9 Å². The van der Waals surface area contributed by atoms with E-state index in [1.54, 1.807) is 0 Å². The van der Waals surface area contributed by atoms with Gasteiger partial charge < -0.3 is 9.88 Å². The Morgan fingerprint density at radius 2 is 1.90 bits per heavy atom. The molecule has 0 saturated carbocycles. The molecule has 0 fully saturated rings. The van der Waals surface area contributed by atoms with Gasteiger partial charge in [-0.2, -0.15) is 0 Å². The minimum atomic E-state index is 0.144. The van der Waals surface area contributed by atoms with Crippen molar-refractivity contribution in [1.82, 2.24) is 14.9 Å². The Morgan fingerprint density at radius 1 is 1.24 bits per heavy atom. The maximum atomic E-state index is 4.59. The smallest absolute Gasteiger partial charge is 0.130 e. The fourth-order valence-corrected chi connectivity index (χ4v) is 2.87. The maximum Gasteiger partial charge on any atom is 0.130 e. The van der Waals surface area contributed by atoms with E-state index in [1.165, 1.54) is 21.2 Å². The van der Waals surface area contributed by atoms with Crippen LogP contribution in [0.3, 0.4) is 0 Å². The van der Waals surface area contributed by atoms with Crippen LogP contribution >= 0.6 is 15.9 Å². The highest BCUT2D eigenvalue weighted by molar-refractivity contribution is 9.10. The Bertz CT molecular complexity index is 581. The van der Waals surface area contributed by atoms with Gasteiger partial charge >= 0.3 is 0 Å². The van der Waals surface area contributed by atoms with Gasteiger partial charge in [0.2, 0.25) is 0 Å². The summed E-state index contributed by atoms with van der Waals surface area (Å²) in [6, 6.07) is 4.64. The molecule has 2 aromatic rings. The molecule has 2 rings (SSSR count). The molecule has 1 heterocycles. The molecule has 1 atom stereocenters. The Balaban J connectivity index is 2.45. The number of nitrogens with one attached hydrogen (secondary N) is 1. The van der Waals surface area contributed by atoms with Crippen LogP contribution < -0.4 is 5.32 Å². The van der Waals surface area contributed by atoms with E-state index in [4.69, 9.17) is 0 Å². The summed E-state index contributed by atoms with van der Waals surface area (Å²) < 4.78 is 3.40. The number of rotatable bonds is 6. The van der Waals surface area contributed by atoms with Gasteiger partial charge in [0.05, 0.1) is 6.04 Å². The van der Waals surface area contributed by atoms with E-state index < -0.39 is 0 Å².